The smallest absolute Gasteiger partial charge is 0.407 e. The van der Waals surface area contributed by atoms with Crippen molar-refractivity contribution in [3.63, 3.8) is 0 Å². The highest BCUT2D eigenvalue weighted by Gasteiger charge is 2.33. The summed E-state index contributed by atoms with van der Waals surface area (Å²) in [7, 11) is 3.10. The molecular weight excluding hydrogens is 809 g/mol. The molecule has 2 rings (SSSR count). The molecule has 0 spiro atoms. The van der Waals surface area contributed by atoms with E-state index in [9.17, 15) is 28.8 Å². The highest BCUT2D eigenvalue weighted by Crippen LogP contribution is 2.21. The molecule has 0 aromatic heterocycles. The molecule has 0 aliphatic rings. The molecule has 16 nitrogen and oxygen atoms in total. The summed E-state index contributed by atoms with van der Waals surface area (Å²) in [5.41, 5.74) is -0.494. The number of hydrogen-bond acceptors (Lipinski definition) is 10. The van der Waals surface area contributed by atoms with Gasteiger partial charge in [0, 0.05) is 46.7 Å². The van der Waals surface area contributed by atoms with Gasteiger partial charge in [-0.3, -0.25) is 9.59 Å². The lowest BCUT2D eigenvalue weighted by molar-refractivity contribution is -0.161. The summed E-state index contributed by atoms with van der Waals surface area (Å²) in [6, 6.07) is 13.4. The molecule has 0 radical (unpaired) electrons. The molecule has 2 aromatic rings. The van der Waals surface area contributed by atoms with Crippen molar-refractivity contribution in [2.24, 2.45) is 5.92 Å². The molecule has 0 bridgehead atoms. The minimum atomic E-state index is -1.08. The summed E-state index contributed by atoms with van der Waals surface area (Å²) in [4.78, 5) is 83.0. The van der Waals surface area contributed by atoms with Crippen molar-refractivity contribution in [1.29, 1.82) is 0 Å². The maximum atomic E-state index is 14.2. The highest BCUT2D eigenvalue weighted by atomic mass is 16.6. The Kier molecular flexibility index (Phi) is 21.7. The number of nitrogens with zero attached hydrogens (tertiary/aromatic N) is 2. The summed E-state index contributed by atoms with van der Waals surface area (Å²) >= 11 is 0. The number of unbranched alkanes of at least 4 members (excludes halogenated alkanes) is 2. The van der Waals surface area contributed by atoms with Gasteiger partial charge in [0.15, 0.2) is 0 Å². The Morgan fingerprint density at radius 2 is 1.27 bits per heavy atom. The van der Waals surface area contributed by atoms with Gasteiger partial charge in [-0.15, -0.1) is 0 Å². The maximum absolute atomic E-state index is 14.2. The summed E-state index contributed by atoms with van der Waals surface area (Å²) in [5, 5.41) is 11.1. The van der Waals surface area contributed by atoms with Crippen molar-refractivity contribution in [3.05, 3.63) is 65.7 Å². The molecule has 0 aliphatic carbocycles. The zero-order chi connectivity index (χ0) is 47.4. The third-order valence-corrected chi connectivity index (χ3v) is 8.97. The second-order valence-corrected chi connectivity index (χ2v) is 18.8. The first-order valence-corrected chi connectivity index (χ1v) is 21.8. The zero-order valence-corrected chi connectivity index (χ0v) is 39.7. The van der Waals surface area contributed by atoms with E-state index in [0.717, 1.165) is 17.5 Å². The number of hydrogen-bond donors (Lipinski definition) is 4. The predicted molar refractivity (Wildman–Crippen MR) is 242 cm³/mol. The molecule has 0 aliphatic heterocycles. The Labute approximate surface area is 374 Å². The van der Waals surface area contributed by atoms with Crippen molar-refractivity contribution < 1.29 is 47.7 Å². The quantitative estimate of drug-likeness (QED) is 0.0559. The zero-order valence-electron chi connectivity index (χ0n) is 39.7. The van der Waals surface area contributed by atoms with Crippen LogP contribution in [-0.2, 0) is 41.6 Å². The standard InChI is InChI=1S/C47H74N6O10/c1-13-14-28-53(43(58)51-38(41(56)63-47(8,9)10)29-33-23-25-36(26-24-33)61-45(2,3)4)31-35(40(55)62-46(5,6)7)30-49-39(54)37(50-42(57)52(11)12)22-18-19-27-48-44(59)60-32-34-20-16-15-17-21-34/h15-17,20-21,23-26,35,37-38H,13-14,18-19,22,27-32H2,1-12H3,(H,48,59)(H,49,54)(H,50,57)(H,51,58)/t35-,37+,38+/m1/s1. The Morgan fingerprint density at radius 3 is 1.84 bits per heavy atom. The van der Waals surface area contributed by atoms with Gasteiger partial charge < -0.3 is 50.0 Å². The van der Waals surface area contributed by atoms with E-state index in [1.165, 1.54) is 9.80 Å². The van der Waals surface area contributed by atoms with Gasteiger partial charge in [0.2, 0.25) is 5.91 Å². The molecule has 4 N–H and O–H groups in total. The number of carbonyl (C=O) groups is 6. The number of alkyl carbamates (subject to hydrolysis) is 1. The van der Waals surface area contributed by atoms with Crippen LogP contribution in [0, 0.1) is 5.92 Å². The first-order chi connectivity index (χ1) is 29.4. The van der Waals surface area contributed by atoms with E-state index in [2.05, 4.69) is 21.3 Å². The van der Waals surface area contributed by atoms with Crippen LogP contribution in [0.3, 0.4) is 0 Å². The maximum Gasteiger partial charge on any atom is 0.407 e. The van der Waals surface area contributed by atoms with Gasteiger partial charge in [0.1, 0.15) is 41.2 Å². The molecule has 0 unspecified atom stereocenters. The SMILES string of the molecule is CCCCN(C[C@@H](CNC(=O)[C@H](CCCCNC(=O)OCc1ccccc1)NC(=O)N(C)C)C(=O)OC(C)(C)C)C(=O)N[C@@H](Cc1ccc(OC(C)(C)C)cc1)C(=O)OC(C)(C)C. The molecule has 352 valence electrons. The number of benzene rings is 2. The largest absolute Gasteiger partial charge is 0.488 e. The van der Waals surface area contributed by atoms with E-state index in [4.69, 9.17) is 18.9 Å². The summed E-state index contributed by atoms with van der Waals surface area (Å²) < 4.78 is 22.7. The second-order valence-electron chi connectivity index (χ2n) is 18.8. The van der Waals surface area contributed by atoms with Crippen LogP contribution in [0.15, 0.2) is 54.6 Å². The van der Waals surface area contributed by atoms with Crippen LogP contribution in [0.5, 0.6) is 5.75 Å². The van der Waals surface area contributed by atoms with E-state index in [0.29, 0.717) is 25.0 Å². The molecule has 16 heteroatoms. The van der Waals surface area contributed by atoms with Crippen molar-refractivity contribution in [2.45, 2.75) is 143 Å². The molecule has 0 fully saturated rings. The van der Waals surface area contributed by atoms with Gasteiger partial charge in [0.05, 0.1) is 5.92 Å². The van der Waals surface area contributed by atoms with Crippen molar-refractivity contribution in [3.8, 4) is 5.75 Å². The molecule has 2 aromatic carbocycles. The van der Waals surface area contributed by atoms with Gasteiger partial charge in [-0.25, -0.2) is 19.2 Å². The fourth-order valence-electron chi connectivity index (χ4n) is 5.92. The Morgan fingerprint density at radius 1 is 0.667 bits per heavy atom. The van der Waals surface area contributed by atoms with Crippen LogP contribution < -0.4 is 26.0 Å². The number of carbonyl (C=O) groups excluding carboxylic acids is 6. The lowest BCUT2D eigenvalue weighted by Crippen LogP contribution is -2.54. The number of ether oxygens (including phenoxy) is 4. The van der Waals surface area contributed by atoms with Crippen molar-refractivity contribution in [2.75, 3.05) is 40.3 Å². The molecule has 0 saturated carbocycles. The predicted octanol–water partition coefficient (Wildman–Crippen LogP) is 6.74. The average Bonchev–Trinajstić information content (AvgIpc) is 3.17. The van der Waals surface area contributed by atoms with E-state index in [-0.39, 0.29) is 45.6 Å². The Bertz CT molecular complexity index is 1750. The molecular formula is C47H74N6O10. The van der Waals surface area contributed by atoms with Gasteiger partial charge >= 0.3 is 30.1 Å². The van der Waals surface area contributed by atoms with Crippen LogP contribution in [0.4, 0.5) is 14.4 Å². The number of nitrogens with one attached hydrogen (secondary N) is 4. The molecule has 0 saturated heterocycles. The third kappa shape index (κ3) is 22.9. The lowest BCUT2D eigenvalue weighted by atomic mass is 10.0. The van der Waals surface area contributed by atoms with E-state index < -0.39 is 70.8 Å². The van der Waals surface area contributed by atoms with E-state index in [1.54, 1.807) is 55.6 Å². The highest BCUT2D eigenvalue weighted by molar-refractivity contribution is 5.87. The molecule has 6 amide bonds. The van der Waals surface area contributed by atoms with Crippen LogP contribution in [-0.4, -0.2) is 115 Å². The van der Waals surface area contributed by atoms with Crippen LogP contribution in [0.25, 0.3) is 0 Å². The Hall–Kier alpha value is -5.54. The average molecular weight is 883 g/mol. The monoisotopic (exact) mass is 883 g/mol. The van der Waals surface area contributed by atoms with Gasteiger partial charge in [-0.1, -0.05) is 55.8 Å². The van der Waals surface area contributed by atoms with Gasteiger partial charge in [0.25, 0.3) is 0 Å². The van der Waals surface area contributed by atoms with Crippen molar-refractivity contribution >= 4 is 36.0 Å². The van der Waals surface area contributed by atoms with Crippen LogP contribution >= 0.6 is 0 Å². The minimum Gasteiger partial charge on any atom is -0.488 e. The molecule has 0 heterocycles. The lowest BCUT2D eigenvalue weighted by Gasteiger charge is -2.31. The number of esters is 2. The normalized spacial score (nSPS) is 13.0. The summed E-state index contributed by atoms with van der Waals surface area (Å²) in [6.07, 6.45) is 2.05. The van der Waals surface area contributed by atoms with Crippen LogP contribution in [0.1, 0.15) is 112 Å². The first-order valence-electron chi connectivity index (χ1n) is 21.8. The summed E-state index contributed by atoms with van der Waals surface area (Å²) in [5.74, 6) is -2.17. The first kappa shape index (κ1) is 53.6. The van der Waals surface area contributed by atoms with Gasteiger partial charge in [-0.2, -0.15) is 0 Å². The van der Waals surface area contributed by atoms with E-state index >= 15 is 0 Å². The number of amides is 6. The minimum absolute atomic E-state index is 0.123. The second kappa shape index (κ2) is 25.5. The molecule has 63 heavy (non-hydrogen) atoms. The fourth-order valence-corrected chi connectivity index (χ4v) is 5.92. The topological polar surface area (TPSA) is 194 Å². The fraction of sp³-hybridized carbons (Fsp3) is 0.617. The summed E-state index contributed by atoms with van der Waals surface area (Å²) in [6.45, 7) is 18.5. The van der Waals surface area contributed by atoms with Gasteiger partial charge in [-0.05, 0) is 111 Å². The third-order valence-electron chi connectivity index (χ3n) is 8.97. The number of urea groups is 2. The number of rotatable bonds is 22. The van der Waals surface area contributed by atoms with Crippen molar-refractivity contribution in [1.82, 2.24) is 31.1 Å². The van der Waals surface area contributed by atoms with Crippen LogP contribution in [0.2, 0.25) is 0 Å². The Balaban J connectivity index is 2.25. The van der Waals surface area contributed by atoms with E-state index in [1.807, 2.05) is 82.3 Å². The molecule has 3 atom stereocenters.